The quantitative estimate of drug-likeness (QED) is 0.579. The van der Waals surface area contributed by atoms with Crippen LogP contribution < -0.4 is 5.32 Å². The van der Waals surface area contributed by atoms with Crippen molar-refractivity contribution in [1.82, 2.24) is 15.2 Å². The van der Waals surface area contributed by atoms with E-state index >= 15 is 0 Å². The summed E-state index contributed by atoms with van der Waals surface area (Å²) in [6.45, 7) is 1.80. The maximum absolute atomic E-state index is 12.8. The average molecular weight is 460 g/mol. The molecule has 1 saturated heterocycles. The van der Waals surface area contributed by atoms with Crippen molar-refractivity contribution in [3.63, 3.8) is 0 Å². The van der Waals surface area contributed by atoms with Crippen LogP contribution in [0.5, 0.6) is 0 Å². The predicted molar refractivity (Wildman–Crippen MR) is 122 cm³/mol. The Morgan fingerprint density at radius 1 is 1.13 bits per heavy atom. The van der Waals surface area contributed by atoms with Gasteiger partial charge in [0.05, 0.1) is 5.02 Å². The molecule has 1 fully saturated rings. The number of thiazole rings is 1. The minimum atomic E-state index is -0.0823. The maximum Gasteiger partial charge on any atom is 0.273 e. The molecule has 3 aromatic rings. The van der Waals surface area contributed by atoms with Gasteiger partial charge in [-0.15, -0.1) is 22.7 Å². The Morgan fingerprint density at radius 2 is 1.93 bits per heavy atom. The zero-order valence-corrected chi connectivity index (χ0v) is 18.7. The van der Waals surface area contributed by atoms with Crippen LogP contribution in [0.2, 0.25) is 5.02 Å². The van der Waals surface area contributed by atoms with Crippen LogP contribution in [0.1, 0.15) is 28.2 Å². The van der Waals surface area contributed by atoms with Crippen LogP contribution in [0.4, 0.5) is 0 Å². The van der Waals surface area contributed by atoms with E-state index in [2.05, 4.69) is 16.4 Å². The molecule has 0 atom stereocenters. The predicted octanol–water partition coefficient (Wildman–Crippen LogP) is 4.74. The highest BCUT2D eigenvalue weighted by atomic mass is 35.5. The molecule has 2 amide bonds. The van der Waals surface area contributed by atoms with E-state index in [1.54, 1.807) is 21.6 Å². The van der Waals surface area contributed by atoms with Crippen molar-refractivity contribution < 1.29 is 9.59 Å². The molecular weight excluding hydrogens is 438 g/mol. The molecule has 0 aliphatic carbocycles. The number of aromatic nitrogens is 1. The van der Waals surface area contributed by atoms with E-state index in [0.717, 1.165) is 17.0 Å². The number of piperidine rings is 1. The van der Waals surface area contributed by atoms with Crippen LogP contribution in [0.3, 0.4) is 0 Å². The molecule has 1 aromatic carbocycles. The average Bonchev–Trinajstić information content (AvgIpc) is 3.46. The van der Waals surface area contributed by atoms with E-state index in [-0.39, 0.29) is 17.7 Å². The number of rotatable bonds is 6. The summed E-state index contributed by atoms with van der Waals surface area (Å²) >= 11 is 9.36. The van der Waals surface area contributed by atoms with Gasteiger partial charge >= 0.3 is 0 Å². The van der Waals surface area contributed by atoms with Crippen molar-refractivity contribution in [1.29, 1.82) is 0 Å². The van der Waals surface area contributed by atoms with Crippen LogP contribution in [0.15, 0.2) is 47.2 Å². The molecule has 0 unspecified atom stereocenters. The number of hydrogen-bond donors (Lipinski definition) is 1. The maximum atomic E-state index is 12.8. The van der Waals surface area contributed by atoms with Crippen molar-refractivity contribution in [3.8, 4) is 10.6 Å². The van der Waals surface area contributed by atoms with E-state index in [4.69, 9.17) is 11.6 Å². The molecule has 0 saturated carbocycles. The standard InChI is InChI=1S/C22H22ClN3O2S2/c23-18-6-2-1-5-17(18)21-25-19(14-30-21)22(28)26-11-8-15(9-12-26)20(27)24-10-7-16-4-3-13-29-16/h1-6,13-15H,7-12H2,(H,24,27). The Balaban J connectivity index is 1.28. The molecule has 156 valence electrons. The van der Waals surface area contributed by atoms with Gasteiger partial charge in [0.15, 0.2) is 0 Å². The third kappa shape index (κ3) is 4.91. The van der Waals surface area contributed by atoms with Crippen molar-refractivity contribution >= 4 is 46.1 Å². The zero-order valence-electron chi connectivity index (χ0n) is 16.3. The molecule has 30 heavy (non-hydrogen) atoms. The van der Waals surface area contributed by atoms with Crippen LogP contribution >= 0.6 is 34.3 Å². The topological polar surface area (TPSA) is 62.3 Å². The Labute approximate surface area is 188 Å². The third-order valence-electron chi connectivity index (χ3n) is 5.23. The first-order valence-corrected chi connectivity index (χ1v) is 12.1. The van der Waals surface area contributed by atoms with Gasteiger partial charge in [-0.3, -0.25) is 9.59 Å². The summed E-state index contributed by atoms with van der Waals surface area (Å²) in [7, 11) is 0. The second kappa shape index (κ2) is 9.73. The summed E-state index contributed by atoms with van der Waals surface area (Å²) in [4.78, 5) is 32.8. The van der Waals surface area contributed by atoms with Gasteiger partial charge in [-0.2, -0.15) is 0 Å². The first kappa shape index (κ1) is 21.0. The first-order valence-electron chi connectivity index (χ1n) is 9.91. The number of amides is 2. The highest BCUT2D eigenvalue weighted by molar-refractivity contribution is 7.13. The number of likely N-dealkylation sites (tertiary alicyclic amines) is 1. The Bertz CT molecular complexity index is 1010. The lowest BCUT2D eigenvalue weighted by Gasteiger charge is -2.30. The molecule has 0 bridgehead atoms. The molecular formula is C22H22ClN3O2S2. The van der Waals surface area contributed by atoms with Crippen molar-refractivity contribution in [2.45, 2.75) is 19.3 Å². The SMILES string of the molecule is O=C(NCCc1cccs1)C1CCN(C(=O)c2csc(-c3ccccc3Cl)n2)CC1. The molecule has 2 aromatic heterocycles. The van der Waals surface area contributed by atoms with Crippen LogP contribution in [-0.2, 0) is 11.2 Å². The minimum Gasteiger partial charge on any atom is -0.355 e. The van der Waals surface area contributed by atoms with E-state index in [1.165, 1.54) is 16.2 Å². The van der Waals surface area contributed by atoms with Gasteiger partial charge in [-0.1, -0.05) is 35.9 Å². The van der Waals surface area contributed by atoms with Gasteiger partial charge in [-0.25, -0.2) is 4.98 Å². The second-order valence-electron chi connectivity index (χ2n) is 7.20. The molecule has 3 heterocycles. The Hall–Kier alpha value is -2.22. The summed E-state index contributed by atoms with van der Waals surface area (Å²) in [5.41, 5.74) is 1.27. The van der Waals surface area contributed by atoms with Crippen LogP contribution in [-0.4, -0.2) is 41.3 Å². The molecule has 0 radical (unpaired) electrons. The molecule has 5 nitrogen and oxygen atoms in total. The van der Waals surface area contributed by atoms with Crippen LogP contribution in [0, 0.1) is 5.92 Å². The number of thiophene rings is 1. The smallest absolute Gasteiger partial charge is 0.273 e. The molecule has 0 spiro atoms. The van der Waals surface area contributed by atoms with E-state index < -0.39 is 0 Å². The summed E-state index contributed by atoms with van der Waals surface area (Å²) in [5.74, 6) is -0.0269. The highest BCUT2D eigenvalue weighted by Crippen LogP contribution is 2.30. The monoisotopic (exact) mass is 459 g/mol. The molecule has 8 heteroatoms. The number of hydrogen-bond acceptors (Lipinski definition) is 5. The fraction of sp³-hybridized carbons (Fsp3) is 0.318. The Morgan fingerprint density at radius 3 is 2.67 bits per heavy atom. The largest absolute Gasteiger partial charge is 0.355 e. The third-order valence-corrected chi connectivity index (χ3v) is 7.37. The fourth-order valence-corrected chi connectivity index (χ4v) is 5.37. The van der Waals surface area contributed by atoms with E-state index in [0.29, 0.717) is 43.2 Å². The van der Waals surface area contributed by atoms with E-state index in [9.17, 15) is 9.59 Å². The molecule has 1 aliphatic heterocycles. The van der Waals surface area contributed by atoms with Gasteiger partial charge in [0.1, 0.15) is 10.7 Å². The summed E-state index contributed by atoms with van der Waals surface area (Å²) in [6, 6.07) is 11.6. The Kier molecular flexibility index (Phi) is 6.82. The van der Waals surface area contributed by atoms with Crippen LogP contribution in [0.25, 0.3) is 10.6 Å². The minimum absolute atomic E-state index is 0.0356. The van der Waals surface area contributed by atoms with Gasteiger partial charge < -0.3 is 10.2 Å². The summed E-state index contributed by atoms with van der Waals surface area (Å²) < 4.78 is 0. The van der Waals surface area contributed by atoms with Crippen molar-refractivity contribution in [3.05, 3.63) is 62.8 Å². The zero-order chi connectivity index (χ0) is 20.9. The fourth-order valence-electron chi connectivity index (χ4n) is 3.55. The number of carbonyl (C=O) groups excluding carboxylic acids is 2. The first-order chi connectivity index (χ1) is 14.6. The number of carbonyl (C=O) groups is 2. The normalized spacial score (nSPS) is 14.6. The van der Waals surface area contributed by atoms with Gasteiger partial charge in [0.2, 0.25) is 5.91 Å². The lowest BCUT2D eigenvalue weighted by atomic mass is 9.95. The number of nitrogens with zero attached hydrogens (tertiary/aromatic N) is 2. The molecule has 4 rings (SSSR count). The van der Waals surface area contributed by atoms with Gasteiger partial charge in [0, 0.05) is 41.4 Å². The van der Waals surface area contributed by atoms with Gasteiger partial charge in [0.25, 0.3) is 5.91 Å². The molecule has 1 N–H and O–H groups in total. The lowest BCUT2D eigenvalue weighted by Crippen LogP contribution is -2.43. The molecule has 1 aliphatic rings. The van der Waals surface area contributed by atoms with E-state index in [1.807, 2.05) is 35.7 Å². The number of benzene rings is 1. The number of halogens is 1. The summed E-state index contributed by atoms with van der Waals surface area (Å²) in [5, 5.41) is 8.22. The van der Waals surface area contributed by atoms with Crippen molar-refractivity contribution in [2.75, 3.05) is 19.6 Å². The lowest BCUT2D eigenvalue weighted by molar-refractivity contribution is -0.126. The highest BCUT2D eigenvalue weighted by Gasteiger charge is 2.28. The van der Waals surface area contributed by atoms with Crippen molar-refractivity contribution in [2.24, 2.45) is 5.92 Å². The number of nitrogens with one attached hydrogen (secondary N) is 1. The van der Waals surface area contributed by atoms with Gasteiger partial charge in [-0.05, 0) is 36.8 Å². The summed E-state index contributed by atoms with van der Waals surface area (Å²) in [6.07, 6.45) is 2.22. The second-order valence-corrected chi connectivity index (χ2v) is 9.50.